The van der Waals surface area contributed by atoms with Crippen LogP contribution in [0.5, 0.6) is 5.75 Å². The summed E-state index contributed by atoms with van der Waals surface area (Å²) in [4.78, 5) is 16.5. The zero-order chi connectivity index (χ0) is 13.3. The van der Waals surface area contributed by atoms with E-state index in [4.69, 9.17) is 0 Å². The van der Waals surface area contributed by atoms with Crippen molar-refractivity contribution < 1.29 is 9.90 Å². The van der Waals surface area contributed by atoms with Crippen molar-refractivity contribution in [3.8, 4) is 5.75 Å². The highest BCUT2D eigenvalue weighted by molar-refractivity contribution is 5.94. The first kappa shape index (κ1) is 12.9. The number of hydrogen-bond donors (Lipinski definition) is 1. The second-order valence-electron chi connectivity index (χ2n) is 5.11. The van der Waals surface area contributed by atoms with Gasteiger partial charge in [0.15, 0.2) is 0 Å². The second-order valence-corrected chi connectivity index (χ2v) is 5.11. The maximum absolute atomic E-state index is 12.4. The molecule has 2 rings (SSSR count). The minimum absolute atomic E-state index is 0.0544. The zero-order valence-electron chi connectivity index (χ0n) is 11.2. The molecule has 0 saturated carbocycles. The van der Waals surface area contributed by atoms with Gasteiger partial charge < -0.3 is 14.9 Å². The van der Waals surface area contributed by atoms with E-state index in [0.717, 1.165) is 25.2 Å². The quantitative estimate of drug-likeness (QED) is 0.818. The van der Waals surface area contributed by atoms with Crippen molar-refractivity contribution in [1.82, 2.24) is 9.80 Å². The number of phenolic OH excluding ortho intramolecular Hbond substituents is 1. The van der Waals surface area contributed by atoms with Crippen LogP contribution in [0.3, 0.4) is 0 Å². The van der Waals surface area contributed by atoms with Gasteiger partial charge in [-0.15, -0.1) is 0 Å². The van der Waals surface area contributed by atoms with E-state index in [9.17, 15) is 9.90 Å². The molecule has 98 valence electrons. The third kappa shape index (κ3) is 2.48. The molecule has 4 nitrogen and oxygen atoms in total. The molecule has 0 radical (unpaired) electrons. The number of nitrogens with zero attached hydrogens (tertiary/aromatic N) is 2. The van der Waals surface area contributed by atoms with Crippen molar-refractivity contribution in [3.05, 3.63) is 29.3 Å². The lowest BCUT2D eigenvalue weighted by Crippen LogP contribution is -2.52. The molecule has 1 heterocycles. The van der Waals surface area contributed by atoms with Gasteiger partial charge >= 0.3 is 0 Å². The van der Waals surface area contributed by atoms with E-state index in [1.165, 1.54) is 0 Å². The van der Waals surface area contributed by atoms with Crippen LogP contribution < -0.4 is 0 Å². The fourth-order valence-corrected chi connectivity index (χ4v) is 2.40. The Morgan fingerprint density at radius 3 is 2.72 bits per heavy atom. The number of piperazine rings is 1. The number of hydrogen-bond acceptors (Lipinski definition) is 3. The van der Waals surface area contributed by atoms with Crippen molar-refractivity contribution in [1.29, 1.82) is 0 Å². The lowest BCUT2D eigenvalue weighted by molar-refractivity contribution is 0.0533. The highest BCUT2D eigenvalue weighted by Gasteiger charge is 2.26. The average molecular weight is 248 g/mol. The zero-order valence-corrected chi connectivity index (χ0v) is 11.2. The first-order valence-corrected chi connectivity index (χ1v) is 6.28. The summed E-state index contributed by atoms with van der Waals surface area (Å²) in [6.07, 6.45) is 0. The summed E-state index contributed by atoms with van der Waals surface area (Å²) >= 11 is 0. The number of carbonyl (C=O) groups is 1. The van der Waals surface area contributed by atoms with Crippen LogP contribution in [-0.2, 0) is 0 Å². The monoisotopic (exact) mass is 248 g/mol. The van der Waals surface area contributed by atoms with Gasteiger partial charge in [-0.1, -0.05) is 0 Å². The number of amides is 1. The average Bonchev–Trinajstić information content (AvgIpc) is 2.32. The summed E-state index contributed by atoms with van der Waals surface area (Å²) in [5, 5.41) is 9.49. The number of rotatable bonds is 1. The van der Waals surface area contributed by atoms with Crippen LogP contribution >= 0.6 is 0 Å². The minimum atomic E-state index is 0.0544. The van der Waals surface area contributed by atoms with Gasteiger partial charge in [-0.3, -0.25) is 4.79 Å². The van der Waals surface area contributed by atoms with Crippen molar-refractivity contribution in [2.75, 3.05) is 26.7 Å². The molecule has 1 N–H and O–H groups in total. The fraction of sp³-hybridized carbons (Fsp3) is 0.500. The van der Waals surface area contributed by atoms with Gasteiger partial charge in [0.25, 0.3) is 5.91 Å². The topological polar surface area (TPSA) is 43.8 Å². The molecule has 1 aliphatic rings. The number of carbonyl (C=O) groups excluding carboxylic acids is 1. The molecule has 1 aliphatic heterocycles. The Morgan fingerprint density at radius 2 is 2.11 bits per heavy atom. The maximum Gasteiger partial charge on any atom is 0.254 e. The highest BCUT2D eigenvalue weighted by Crippen LogP contribution is 2.19. The van der Waals surface area contributed by atoms with E-state index in [0.29, 0.717) is 5.56 Å². The number of benzene rings is 1. The van der Waals surface area contributed by atoms with E-state index in [1.54, 1.807) is 25.1 Å². The SMILES string of the molecule is Cc1cc(C(=O)N2CCN(C)CC2C)ccc1O. The molecule has 1 amide bonds. The van der Waals surface area contributed by atoms with Crippen molar-refractivity contribution in [2.45, 2.75) is 19.9 Å². The maximum atomic E-state index is 12.4. The number of aromatic hydroxyl groups is 1. The molecule has 1 fully saturated rings. The summed E-state index contributed by atoms with van der Waals surface area (Å²) in [7, 11) is 2.07. The van der Waals surface area contributed by atoms with Gasteiger partial charge in [-0.25, -0.2) is 0 Å². The summed E-state index contributed by atoms with van der Waals surface area (Å²) in [5.41, 5.74) is 1.39. The Morgan fingerprint density at radius 1 is 1.39 bits per heavy atom. The Balaban J connectivity index is 2.18. The molecule has 18 heavy (non-hydrogen) atoms. The molecule has 1 aromatic rings. The largest absolute Gasteiger partial charge is 0.508 e. The van der Waals surface area contributed by atoms with E-state index < -0.39 is 0 Å². The van der Waals surface area contributed by atoms with Crippen molar-refractivity contribution in [3.63, 3.8) is 0 Å². The smallest absolute Gasteiger partial charge is 0.254 e. The first-order valence-electron chi connectivity index (χ1n) is 6.28. The second kappa shape index (κ2) is 4.98. The molecule has 4 heteroatoms. The molecule has 1 unspecified atom stereocenters. The van der Waals surface area contributed by atoms with Crippen LogP contribution in [0, 0.1) is 6.92 Å². The van der Waals surface area contributed by atoms with Crippen molar-refractivity contribution >= 4 is 5.91 Å². The van der Waals surface area contributed by atoms with Gasteiger partial charge in [-0.05, 0) is 44.7 Å². The lowest BCUT2D eigenvalue weighted by atomic mass is 10.1. The van der Waals surface area contributed by atoms with Gasteiger partial charge in [0.2, 0.25) is 0 Å². The molecule has 1 atom stereocenters. The molecule has 0 bridgehead atoms. The summed E-state index contributed by atoms with van der Waals surface area (Å²) in [6, 6.07) is 5.26. The molecule has 1 saturated heterocycles. The molecule has 0 spiro atoms. The van der Waals surface area contributed by atoms with E-state index >= 15 is 0 Å². The minimum Gasteiger partial charge on any atom is -0.508 e. The summed E-state index contributed by atoms with van der Waals surface area (Å²) < 4.78 is 0. The number of likely N-dealkylation sites (N-methyl/N-ethyl adjacent to an activating group) is 1. The Bertz CT molecular complexity index is 459. The van der Waals surface area contributed by atoms with E-state index in [-0.39, 0.29) is 17.7 Å². The predicted octanol–water partition coefficient (Wildman–Crippen LogP) is 1.48. The Labute approximate surface area is 108 Å². The molecular formula is C14H20N2O2. The van der Waals surface area contributed by atoms with Crippen LogP contribution in [0.2, 0.25) is 0 Å². The van der Waals surface area contributed by atoms with E-state index in [1.807, 2.05) is 4.90 Å². The fourth-order valence-electron chi connectivity index (χ4n) is 2.40. The Hall–Kier alpha value is -1.55. The van der Waals surface area contributed by atoms with Crippen molar-refractivity contribution in [2.24, 2.45) is 0 Å². The third-order valence-electron chi connectivity index (χ3n) is 3.54. The van der Waals surface area contributed by atoms with Crippen LogP contribution in [-0.4, -0.2) is 53.5 Å². The Kier molecular flexibility index (Phi) is 3.57. The number of phenols is 1. The first-order chi connectivity index (χ1) is 8.49. The third-order valence-corrected chi connectivity index (χ3v) is 3.54. The van der Waals surface area contributed by atoms with Crippen LogP contribution in [0.15, 0.2) is 18.2 Å². The summed E-state index contributed by atoms with van der Waals surface area (Å²) in [6.45, 7) is 6.45. The van der Waals surface area contributed by atoms with E-state index in [2.05, 4.69) is 18.9 Å². The molecule has 0 aromatic heterocycles. The van der Waals surface area contributed by atoms with Crippen LogP contribution in [0.1, 0.15) is 22.8 Å². The molecular weight excluding hydrogens is 228 g/mol. The molecule has 0 aliphatic carbocycles. The van der Waals surface area contributed by atoms with Gasteiger partial charge in [0.05, 0.1) is 0 Å². The normalized spacial score (nSPS) is 21.1. The standard InChI is InChI=1S/C14H20N2O2/c1-10-8-12(4-5-13(10)17)14(18)16-7-6-15(3)9-11(16)2/h4-5,8,11,17H,6-7,9H2,1-3H3. The van der Waals surface area contributed by atoms with Gasteiger partial charge in [0.1, 0.15) is 5.75 Å². The predicted molar refractivity (Wildman–Crippen MR) is 70.8 cm³/mol. The van der Waals surface area contributed by atoms with Gasteiger partial charge in [-0.2, -0.15) is 0 Å². The summed E-state index contributed by atoms with van der Waals surface area (Å²) in [5.74, 6) is 0.289. The van der Waals surface area contributed by atoms with Crippen LogP contribution in [0.4, 0.5) is 0 Å². The molecule has 1 aromatic carbocycles. The van der Waals surface area contributed by atoms with Crippen LogP contribution in [0.25, 0.3) is 0 Å². The van der Waals surface area contributed by atoms with Gasteiger partial charge in [0, 0.05) is 31.2 Å². The lowest BCUT2D eigenvalue weighted by Gasteiger charge is -2.38. The highest BCUT2D eigenvalue weighted by atomic mass is 16.3. The number of aryl methyl sites for hydroxylation is 1.